The van der Waals surface area contributed by atoms with Crippen molar-refractivity contribution in [2.75, 3.05) is 0 Å². The second-order valence-electron chi connectivity index (χ2n) is 8.16. The topological polar surface area (TPSA) is 0 Å². The van der Waals surface area contributed by atoms with Gasteiger partial charge in [0.1, 0.15) is 0 Å². The molecule has 1 unspecified atom stereocenters. The van der Waals surface area contributed by atoms with Crippen molar-refractivity contribution in [3.8, 4) is 0 Å². The Bertz CT molecular complexity index is 979. The van der Waals surface area contributed by atoms with E-state index in [4.69, 9.17) is 0 Å². The first-order chi connectivity index (χ1) is 15.2. The molecular weight excluding hydrogens is 553 g/mol. The number of halogens is 12. The normalized spacial score (nSPS) is 18.7. The second kappa shape index (κ2) is 7.95. The first kappa shape index (κ1) is 26.5. The minimum absolute atomic E-state index is 0.132. The molecule has 34 heavy (non-hydrogen) atoms. The molecule has 0 radical (unpaired) electrons. The van der Waals surface area contributed by atoms with Crippen LogP contribution in [-0.2, 0) is 24.7 Å². The SMILES string of the molecule is C=C(C)[CH]1[CH2][Ge]1([c]1cc(C(F)(F)F)cc(C(F)(F)F)c1)[c]1cc(C(F)(F)F)cc(C(F)(F)F)c1. The Kier molecular flexibility index (Phi) is 6.20. The number of rotatable bonds is 3. The van der Waals surface area contributed by atoms with Crippen molar-refractivity contribution in [1.29, 1.82) is 0 Å². The summed E-state index contributed by atoms with van der Waals surface area (Å²) in [4.78, 5) is 0. The van der Waals surface area contributed by atoms with E-state index in [0.29, 0.717) is 24.3 Å². The molecule has 1 fully saturated rings. The summed E-state index contributed by atoms with van der Waals surface area (Å²) in [5, 5.41) is -0.132. The molecule has 1 saturated heterocycles. The Labute approximate surface area is 187 Å². The van der Waals surface area contributed by atoms with Crippen LogP contribution in [0.5, 0.6) is 0 Å². The Balaban J connectivity index is 2.38. The van der Waals surface area contributed by atoms with Crippen LogP contribution < -0.4 is 8.79 Å². The molecule has 186 valence electrons. The van der Waals surface area contributed by atoms with E-state index in [1.165, 1.54) is 6.92 Å². The molecule has 0 spiro atoms. The van der Waals surface area contributed by atoms with Crippen LogP contribution in [0.15, 0.2) is 48.6 Å². The van der Waals surface area contributed by atoms with Gasteiger partial charge in [0.05, 0.1) is 0 Å². The van der Waals surface area contributed by atoms with Crippen molar-refractivity contribution in [3.63, 3.8) is 0 Å². The Morgan fingerprint density at radius 1 is 0.618 bits per heavy atom. The average Bonchev–Trinajstić information content (AvgIpc) is 3.42. The van der Waals surface area contributed by atoms with Crippen molar-refractivity contribution in [1.82, 2.24) is 0 Å². The molecule has 2 aromatic rings. The zero-order valence-corrected chi connectivity index (χ0v) is 19.1. The summed E-state index contributed by atoms with van der Waals surface area (Å²) in [5.41, 5.74) is -6.47. The molecule has 0 nitrogen and oxygen atoms in total. The van der Waals surface area contributed by atoms with Gasteiger partial charge in [0, 0.05) is 0 Å². The van der Waals surface area contributed by atoms with Gasteiger partial charge in [0.25, 0.3) is 0 Å². The Morgan fingerprint density at radius 3 is 1.06 bits per heavy atom. The predicted octanol–water partition coefficient (Wildman–Crippen LogP) is 7.28. The van der Waals surface area contributed by atoms with E-state index in [1.54, 1.807) is 0 Å². The van der Waals surface area contributed by atoms with Crippen molar-refractivity contribution in [2.24, 2.45) is 0 Å². The fraction of sp³-hybridized carbons (Fsp3) is 0.333. The fourth-order valence-electron chi connectivity index (χ4n) is 4.09. The second-order valence-corrected chi connectivity index (χ2v) is 17.0. The molecule has 0 bridgehead atoms. The summed E-state index contributed by atoms with van der Waals surface area (Å²) in [6.07, 6.45) is -20.9. The van der Waals surface area contributed by atoms with Gasteiger partial charge in [-0.25, -0.2) is 0 Å². The van der Waals surface area contributed by atoms with Crippen LogP contribution in [0.1, 0.15) is 29.2 Å². The first-order valence-corrected chi connectivity index (χ1v) is 14.2. The van der Waals surface area contributed by atoms with Crippen LogP contribution in [0.4, 0.5) is 52.7 Å². The molecule has 0 N–H and O–H groups in total. The minimum atomic E-state index is -5.22. The van der Waals surface area contributed by atoms with E-state index < -0.39 is 73.8 Å². The summed E-state index contributed by atoms with van der Waals surface area (Å²) >= 11 is -4.62. The Morgan fingerprint density at radius 2 is 0.882 bits per heavy atom. The molecule has 3 rings (SSSR count). The monoisotopic (exact) mass is 568 g/mol. The third kappa shape index (κ3) is 4.96. The zero-order valence-electron chi connectivity index (χ0n) is 17.0. The third-order valence-electron chi connectivity index (χ3n) is 5.76. The number of benzene rings is 2. The van der Waals surface area contributed by atoms with Gasteiger partial charge in [-0.2, -0.15) is 0 Å². The van der Waals surface area contributed by atoms with E-state index in [9.17, 15) is 52.7 Å². The van der Waals surface area contributed by atoms with E-state index in [2.05, 4.69) is 6.58 Å². The fourth-order valence-corrected chi connectivity index (χ4v) is 16.8. The van der Waals surface area contributed by atoms with Crippen molar-refractivity contribution in [2.45, 2.75) is 41.6 Å². The van der Waals surface area contributed by atoms with Gasteiger partial charge in [0.2, 0.25) is 0 Å². The molecule has 0 aliphatic carbocycles. The molecule has 1 heterocycles. The summed E-state index contributed by atoms with van der Waals surface area (Å²) in [6, 6.07) is 1.37. The average molecular weight is 567 g/mol. The van der Waals surface area contributed by atoms with E-state index in [1.807, 2.05) is 0 Å². The van der Waals surface area contributed by atoms with E-state index in [0.717, 1.165) is 0 Å². The standard InChI is InChI=1S/C21H14F12Ge/c1-10(2)17-9-34(17,15-5-11(18(22,23)24)3-12(6-15)19(25,26)27)16-7-13(20(28,29)30)4-14(8-16)21(31,32)33/h3-8,17H,1,9H2,2H3. The quantitative estimate of drug-likeness (QED) is 0.208. The summed E-state index contributed by atoms with van der Waals surface area (Å²) in [5.74, 6) is 0. The molecule has 0 aromatic heterocycles. The maximum atomic E-state index is 13.4. The van der Waals surface area contributed by atoms with Crippen molar-refractivity contribution < 1.29 is 52.7 Å². The number of allylic oxidation sites excluding steroid dienone is 1. The third-order valence-corrected chi connectivity index (χ3v) is 16.4. The van der Waals surface area contributed by atoms with Crippen LogP contribution in [0.25, 0.3) is 0 Å². The summed E-state index contributed by atoms with van der Waals surface area (Å²) in [7, 11) is 0. The summed E-state index contributed by atoms with van der Waals surface area (Å²) in [6.45, 7) is 4.99. The number of alkyl halides is 12. The summed E-state index contributed by atoms with van der Waals surface area (Å²) < 4.78 is 159. The zero-order chi connectivity index (χ0) is 26.1. The van der Waals surface area contributed by atoms with Crippen LogP contribution in [0.3, 0.4) is 0 Å². The van der Waals surface area contributed by atoms with Crippen LogP contribution in [0, 0.1) is 0 Å². The van der Waals surface area contributed by atoms with Crippen LogP contribution >= 0.6 is 0 Å². The van der Waals surface area contributed by atoms with Gasteiger partial charge in [-0.3, -0.25) is 0 Å². The Hall–Kier alpha value is -2.12. The molecule has 0 amide bonds. The van der Waals surface area contributed by atoms with Gasteiger partial charge >= 0.3 is 187 Å². The van der Waals surface area contributed by atoms with E-state index in [-0.39, 0.29) is 23.0 Å². The number of hydrogen-bond donors (Lipinski definition) is 0. The molecular formula is C21H14F12Ge. The van der Waals surface area contributed by atoms with Gasteiger partial charge in [-0.1, -0.05) is 0 Å². The van der Waals surface area contributed by atoms with Crippen molar-refractivity contribution in [3.05, 3.63) is 70.8 Å². The first-order valence-electron chi connectivity index (χ1n) is 9.42. The van der Waals surface area contributed by atoms with Gasteiger partial charge < -0.3 is 0 Å². The molecule has 2 aromatic carbocycles. The van der Waals surface area contributed by atoms with Gasteiger partial charge in [-0.15, -0.1) is 0 Å². The molecule has 1 atom stereocenters. The van der Waals surface area contributed by atoms with Crippen molar-refractivity contribution >= 4 is 22.1 Å². The molecule has 13 heteroatoms. The van der Waals surface area contributed by atoms with Crippen LogP contribution in [-0.4, -0.2) is 13.3 Å². The predicted molar refractivity (Wildman–Crippen MR) is 101 cm³/mol. The van der Waals surface area contributed by atoms with Gasteiger partial charge in [-0.05, 0) is 0 Å². The molecule has 1 aliphatic rings. The molecule has 1 aliphatic heterocycles. The molecule has 0 saturated carbocycles. The van der Waals surface area contributed by atoms with Gasteiger partial charge in [0.15, 0.2) is 0 Å². The maximum absolute atomic E-state index is 13.4. The number of hydrogen-bond acceptors (Lipinski definition) is 0. The van der Waals surface area contributed by atoms with E-state index >= 15 is 0 Å². The van der Waals surface area contributed by atoms with Crippen LogP contribution in [0.2, 0.25) is 10.0 Å².